The Kier molecular flexibility index (Phi) is 4.99. The van der Waals surface area contributed by atoms with Gasteiger partial charge in [0, 0.05) is 22.2 Å². The van der Waals surface area contributed by atoms with Crippen LogP contribution in [0.15, 0.2) is 42.5 Å². The summed E-state index contributed by atoms with van der Waals surface area (Å²) in [5, 5.41) is 2.94. The third-order valence-electron chi connectivity index (χ3n) is 2.76. The second kappa shape index (κ2) is 6.73. The minimum Gasteiger partial charge on any atom is -0.326 e. The maximum atomic E-state index is 13.6. The lowest BCUT2D eigenvalue weighted by molar-refractivity contribution is -0.115. The van der Waals surface area contributed by atoms with Crippen LogP contribution in [0.3, 0.4) is 0 Å². The van der Waals surface area contributed by atoms with Crippen molar-refractivity contribution < 1.29 is 9.18 Å². The van der Waals surface area contributed by atoms with Crippen LogP contribution in [0.25, 0.3) is 0 Å². The Hall–Kier alpha value is -1.58. The molecule has 1 amide bonds. The number of anilines is 1. The minimum atomic E-state index is -0.484. The molecule has 2 nitrogen and oxygen atoms in total. The van der Waals surface area contributed by atoms with Crippen LogP contribution in [0.4, 0.5) is 10.1 Å². The van der Waals surface area contributed by atoms with Gasteiger partial charge in [-0.3, -0.25) is 4.79 Å². The molecule has 1 N–H and O–H groups in total. The van der Waals surface area contributed by atoms with Gasteiger partial charge in [-0.2, -0.15) is 0 Å². The van der Waals surface area contributed by atoms with Gasteiger partial charge >= 0.3 is 0 Å². The number of hydrogen-bond donors (Lipinski definition) is 1. The zero-order valence-electron chi connectivity index (χ0n) is 10.5. The van der Waals surface area contributed by atoms with E-state index in [9.17, 15) is 9.18 Å². The van der Waals surface area contributed by atoms with E-state index in [1.165, 1.54) is 12.1 Å². The number of carbonyl (C=O) groups is 1. The van der Waals surface area contributed by atoms with Gasteiger partial charge in [0.25, 0.3) is 0 Å². The Labute approximate surface area is 126 Å². The predicted octanol–water partition coefficient (Wildman–Crippen LogP) is 4.40. The van der Waals surface area contributed by atoms with Crippen molar-refractivity contribution in [1.82, 2.24) is 0 Å². The van der Waals surface area contributed by atoms with Crippen LogP contribution >= 0.6 is 23.2 Å². The van der Waals surface area contributed by atoms with Crippen LogP contribution in [0.5, 0.6) is 0 Å². The number of halogens is 3. The van der Waals surface area contributed by atoms with E-state index in [0.717, 1.165) is 5.56 Å². The van der Waals surface area contributed by atoms with Crippen LogP contribution < -0.4 is 5.32 Å². The summed E-state index contributed by atoms with van der Waals surface area (Å²) >= 11 is 11.6. The van der Waals surface area contributed by atoms with Crippen LogP contribution in [-0.4, -0.2) is 5.91 Å². The summed E-state index contributed by atoms with van der Waals surface area (Å²) in [6, 6.07) is 11.5. The normalized spacial score (nSPS) is 10.3. The van der Waals surface area contributed by atoms with E-state index < -0.39 is 5.82 Å². The Morgan fingerprint density at radius 3 is 2.65 bits per heavy atom. The molecular weight excluding hydrogens is 300 g/mol. The van der Waals surface area contributed by atoms with Crippen LogP contribution in [0.2, 0.25) is 5.02 Å². The van der Waals surface area contributed by atoms with Crippen molar-refractivity contribution >= 4 is 34.8 Å². The van der Waals surface area contributed by atoms with E-state index in [1.807, 2.05) is 6.07 Å². The fraction of sp³-hybridized carbons (Fsp3) is 0.133. The Morgan fingerprint density at radius 2 is 1.95 bits per heavy atom. The van der Waals surface area contributed by atoms with Gasteiger partial charge in [0.1, 0.15) is 5.82 Å². The lowest BCUT2D eigenvalue weighted by atomic mass is 10.1. The van der Waals surface area contributed by atoms with E-state index in [-0.39, 0.29) is 22.9 Å². The van der Waals surface area contributed by atoms with E-state index in [4.69, 9.17) is 23.2 Å². The molecule has 104 valence electrons. The molecule has 0 unspecified atom stereocenters. The summed E-state index contributed by atoms with van der Waals surface area (Å²) in [5.74, 6) is -0.450. The van der Waals surface area contributed by atoms with Crippen molar-refractivity contribution in [1.29, 1.82) is 0 Å². The first-order valence-corrected chi connectivity index (χ1v) is 6.89. The molecule has 0 fully saturated rings. The molecule has 2 aromatic carbocycles. The third-order valence-corrected chi connectivity index (χ3v) is 3.43. The second-order valence-corrected chi connectivity index (χ2v) is 4.93. The zero-order chi connectivity index (χ0) is 14.5. The van der Waals surface area contributed by atoms with E-state index in [2.05, 4.69) is 5.32 Å². The molecule has 0 bridgehead atoms. The number of hydrogen-bond acceptors (Lipinski definition) is 1. The van der Waals surface area contributed by atoms with Crippen molar-refractivity contribution in [3.05, 3.63) is 64.4 Å². The highest BCUT2D eigenvalue weighted by molar-refractivity contribution is 6.31. The molecular formula is C15H12Cl2FNO. The summed E-state index contributed by atoms with van der Waals surface area (Å²) in [7, 11) is 0. The minimum absolute atomic E-state index is 0.114. The average molecular weight is 312 g/mol. The van der Waals surface area contributed by atoms with Crippen molar-refractivity contribution in [2.45, 2.75) is 12.3 Å². The molecule has 0 aliphatic carbocycles. The molecule has 20 heavy (non-hydrogen) atoms. The molecule has 0 spiro atoms. The fourth-order valence-corrected chi connectivity index (χ4v) is 2.20. The summed E-state index contributed by atoms with van der Waals surface area (Å²) in [6.45, 7) is 0. The first-order valence-electron chi connectivity index (χ1n) is 5.98. The van der Waals surface area contributed by atoms with Crippen molar-refractivity contribution in [2.24, 2.45) is 0 Å². The van der Waals surface area contributed by atoms with Crippen molar-refractivity contribution in [3.63, 3.8) is 0 Å². The molecule has 0 heterocycles. The summed E-state index contributed by atoms with van der Waals surface area (Å²) in [4.78, 5) is 11.9. The Balaban J connectivity index is 2.09. The van der Waals surface area contributed by atoms with Gasteiger partial charge in [0.2, 0.25) is 5.91 Å². The molecule has 0 radical (unpaired) electrons. The largest absolute Gasteiger partial charge is 0.326 e. The zero-order valence-corrected chi connectivity index (χ0v) is 12.0. The Bertz CT molecular complexity index is 611. The average Bonchev–Trinajstić information content (AvgIpc) is 2.43. The summed E-state index contributed by atoms with van der Waals surface area (Å²) in [6.07, 6.45) is -0.114. The highest BCUT2D eigenvalue weighted by Crippen LogP contribution is 2.20. The van der Waals surface area contributed by atoms with Crippen LogP contribution in [0.1, 0.15) is 11.1 Å². The summed E-state index contributed by atoms with van der Waals surface area (Å²) in [5.41, 5.74) is 1.72. The molecule has 0 atom stereocenters. The van der Waals surface area contributed by atoms with Gasteiger partial charge in [0.15, 0.2) is 0 Å². The van der Waals surface area contributed by atoms with Gasteiger partial charge < -0.3 is 5.32 Å². The molecule has 2 aromatic rings. The van der Waals surface area contributed by atoms with Gasteiger partial charge in [-0.25, -0.2) is 4.39 Å². The summed E-state index contributed by atoms with van der Waals surface area (Å²) < 4.78 is 13.6. The fourth-order valence-electron chi connectivity index (χ4n) is 1.80. The van der Waals surface area contributed by atoms with Gasteiger partial charge in [0.05, 0.1) is 6.42 Å². The molecule has 0 aliphatic rings. The van der Waals surface area contributed by atoms with Crippen LogP contribution in [-0.2, 0) is 17.1 Å². The van der Waals surface area contributed by atoms with Gasteiger partial charge in [-0.1, -0.05) is 29.8 Å². The number of alkyl halides is 1. The molecule has 0 aliphatic heterocycles. The SMILES string of the molecule is O=C(Cc1c(F)cccc1Cl)Nc1cccc(CCl)c1. The second-order valence-electron chi connectivity index (χ2n) is 4.26. The molecule has 0 saturated carbocycles. The quantitative estimate of drug-likeness (QED) is 0.833. The number of rotatable bonds is 4. The number of nitrogens with one attached hydrogen (secondary N) is 1. The topological polar surface area (TPSA) is 29.1 Å². The lowest BCUT2D eigenvalue weighted by Gasteiger charge is -2.08. The van der Waals surface area contributed by atoms with Gasteiger partial charge in [-0.15, -0.1) is 11.6 Å². The van der Waals surface area contributed by atoms with Gasteiger partial charge in [-0.05, 0) is 29.8 Å². The maximum Gasteiger partial charge on any atom is 0.228 e. The van der Waals surface area contributed by atoms with E-state index in [1.54, 1.807) is 24.3 Å². The molecule has 0 aromatic heterocycles. The highest BCUT2D eigenvalue weighted by Gasteiger charge is 2.12. The lowest BCUT2D eigenvalue weighted by Crippen LogP contribution is -2.15. The standard InChI is InChI=1S/C15H12Cl2FNO/c16-9-10-3-1-4-11(7-10)19-15(20)8-12-13(17)5-2-6-14(12)18/h1-7H,8-9H2,(H,19,20). The highest BCUT2D eigenvalue weighted by atomic mass is 35.5. The molecule has 0 saturated heterocycles. The first kappa shape index (κ1) is 14.8. The smallest absolute Gasteiger partial charge is 0.228 e. The number of carbonyl (C=O) groups excluding carboxylic acids is 1. The molecule has 5 heteroatoms. The maximum absolute atomic E-state index is 13.6. The Morgan fingerprint density at radius 1 is 1.20 bits per heavy atom. The van der Waals surface area contributed by atoms with Crippen molar-refractivity contribution in [3.8, 4) is 0 Å². The number of benzene rings is 2. The third kappa shape index (κ3) is 3.71. The van der Waals surface area contributed by atoms with E-state index in [0.29, 0.717) is 11.6 Å². The van der Waals surface area contributed by atoms with Crippen LogP contribution in [0, 0.1) is 5.82 Å². The monoisotopic (exact) mass is 311 g/mol. The van der Waals surface area contributed by atoms with Crippen molar-refractivity contribution in [2.75, 3.05) is 5.32 Å². The first-order chi connectivity index (χ1) is 9.60. The number of amides is 1. The predicted molar refractivity (Wildman–Crippen MR) is 79.7 cm³/mol. The van der Waals surface area contributed by atoms with E-state index >= 15 is 0 Å². The molecule has 2 rings (SSSR count).